The van der Waals surface area contributed by atoms with E-state index in [4.69, 9.17) is 4.74 Å². The Morgan fingerprint density at radius 2 is 1.18 bits per heavy atom. The Balaban J connectivity index is 1.18. The number of carbonyl (C=O) groups is 5. The summed E-state index contributed by atoms with van der Waals surface area (Å²) in [6, 6.07) is 17.0. The smallest absolute Gasteiger partial charge is 0.307 e. The highest BCUT2D eigenvalue weighted by atomic mass is 16.5. The summed E-state index contributed by atoms with van der Waals surface area (Å²) in [5.74, 6) is -2.46. The Hall–Kier alpha value is -4.33. The molecular weight excluding hydrogens is 424 g/mol. The van der Waals surface area contributed by atoms with Gasteiger partial charge in [-0.3, -0.25) is 28.9 Å². The first kappa shape index (κ1) is 20.6. The van der Waals surface area contributed by atoms with E-state index in [0.29, 0.717) is 16.5 Å². The summed E-state index contributed by atoms with van der Waals surface area (Å²) in [6.45, 7) is -0.438. The quantitative estimate of drug-likeness (QED) is 0.430. The summed E-state index contributed by atoms with van der Waals surface area (Å²) in [4.78, 5) is 64.6. The predicted octanol–water partition coefficient (Wildman–Crippen LogP) is 3.01. The Labute approximate surface area is 188 Å². The molecule has 5 rings (SSSR count). The van der Waals surface area contributed by atoms with Crippen molar-refractivity contribution in [2.45, 2.75) is 12.8 Å². The number of hydrogen-bond donors (Lipinski definition) is 0. The fraction of sp³-hybridized carbons (Fsp3) is 0.160. The number of hydrogen-bond acceptors (Lipinski definition) is 6. The van der Waals surface area contributed by atoms with Crippen LogP contribution in [0.2, 0.25) is 0 Å². The van der Waals surface area contributed by atoms with Crippen molar-refractivity contribution in [3.63, 3.8) is 0 Å². The van der Waals surface area contributed by atoms with Crippen LogP contribution in [0.25, 0.3) is 10.8 Å². The first-order valence-electron chi connectivity index (χ1n) is 10.5. The minimum atomic E-state index is -0.633. The molecule has 8 heteroatoms. The molecule has 2 heterocycles. The van der Waals surface area contributed by atoms with Crippen LogP contribution in [0.1, 0.15) is 54.3 Å². The van der Waals surface area contributed by atoms with Gasteiger partial charge in [0.25, 0.3) is 23.6 Å². The normalized spacial score (nSPS) is 14.8. The number of esters is 1. The number of carbonyl (C=O) groups excluding carboxylic acids is 5. The lowest BCUT2D eigenvalue weighted by Crippen LogP contribution is -2.41. The van der Waals surface area contributed by atoms with E-state index in [1.54, 1.807) is 48.5 Å². The highest BCUT2D eigenvalue weighted by molar-refractivity contribution is 6.25. The monoisotopic (exact) mass is 442 g/mol. The van der Waals surface area contributed by atoms with Gasteiger partial charge in [-0.2, -0.15) is 0 Å². The van der Waals surface area contributed by atoms with Crippen LogP contribution in [0.3, 0.4) is 0 Å². The topological polar surface area (TPSA) is 101 Å². The summed E-state index contributed by atoms with van der Waals surface area (Å²) >= 11 is 0. The van der Waals surface area contributed by atoms with Crippen LogP contribution in [0.5, 0.6) is 0 Å². The van der Waals surface area contributed by atoms with Gasteiger partial charge in [0.15, 0.2) is 6.73 Å². The third-order valence-electron chi connectivity index (χ3n) is 5.85. The molecule has 3 aromatic carbocycles. The molecule has 164 valence electrons. The zero-order valence-electron chi connectivity index (χ0n) is 17.4. The van der Waals surface area contributed by atoms with Crippen molar-refractivity contribution in [1.29, 1.82) is 0 Å². The van der Waals surface area contributed by atoms with E-state index in [-0.39, 0.29) is 30.5 Å². The maximum atomic E-state index is 12.9. The highest BCUT2D eigenvalue weighted by Crippen LogP contribution is 2.30. The van der Waals surface area contributed by atoms with Crippen LogP contribution >= 0.6 is 0 Å². The average molecular weight is 442 g/mol. The lowest BCUT2D eigenvalue weighted by atomic mass is 9.94. The van der Waals surface area contributed by atoms with Gasteiger partial charge in [0.2, 0.25) is 0 Å². The largest absolute Gasteiger partial charge is 0.444 e. The molecule has 33 heavy (non-hydrogen) atoms. The number of fused-ring (bicyclic) bond motifs is 1. The molecule has 0 unspecified atom stereocenters. The lowest BCUT2D eigenvalue weighted by Gasteiger charge is -2.27. The van der Waals surface area contributed by atoms with Gasteiger partial charge in [0.05, 0.1) is 11.1 Å². The molecule has 0 radical (unpaired) electrons. The maximum Gasteiger partial charge on any atom is 0.307 e. The van der Waals surface area contributed by atoms with Crippen LogP contribution in [0, 0.1) is 0 Å². The van der Waals surface area contributed by atoms with E-state index >= 15 is 0 Å². The highest BCUT2D eigenvalue weighted by Gasteiger charge is 2.36. The van der Waals surface area contributed by atoms with Crippen LogP contribution in [-0.2, 0) is 9.53 Å². The molecule has 0 atom stereocenters. The van der Waals surface area contributed by atoms with Gasteiger partial charge >= 0.3 is 5.97 Å². The van der Waals surface area contributed by atoms with Gasteiger partial charge < -0.3 is 4.74 Å². The van der Waals surface area contributed by atoms with Gasteiger partial charge in [-0.05, 0) is 36.1 Å². The fourth-order valence-corrected chi connectivity index (χ4v) is 4.23. The van der Waals surface area contributed by atoms with E-state index in [1.807, 2.05) is 12.1 Å². The minimum absolute atomic E-state index is 0.0461. The molecule has 8 nitrogen and oxygen atoms in total. The molecule has 0 aromatic heterocycles. The Kier molecular flexibility index (Phi) is 4.97. The Bertz CT molecular complexity index is 1280. The van der Waals surface area contributed by atoms with Gasteiger partial charge in [-0.1, -0.05) is 36.4 Å². The van der Waals surface area contributed by atoms with Crippen molar-refractivity contribution in [2.24, 2.45) is 0 Å². The van der Waals surface area contributed by atoms with E-state index in [0.717, 1.165) is 15.2 Å². The minimum Gasteiger partial charge on any atom is -0.444 e. The molecule has 0 aliphatic carbocycles. The first-order valence-corrected chi connectivity index (χ1v) is 10.5. The Morgan fingerprint density at radius 3 is 1.76 bits per heavy atom. The second-order valence-corrected chi connectivity index (χ2v) is 7.80. The number of imide groups is 2. The Morgan fingerprint density at radius 1 is 0.667 bits per heavy atom. The average Bonchev–Trinajstić information content (AvgIpc) is 3.08. The van der Waals surface area contributed by atoms with Crippen LogP contribution in [-0.4, -0.2) is 52.7 Å². The SMILES string of the molecule is O=C(CCCN1C(=O)c2cccc3cccc(c23)C1=O)OCN1C(=O)c2ccccc2C1=O. The number of benzene rings is 3. The van der Waals surface area contributed by atoms with Gasteiger partial charge in [-0.25, -0.2) is 4.90 Å². The van der Waals surface area contributed by atoms with Crippen LogP contribution < -0.4 is 0 Å². The number of amides is 4. The van der Waals surface area contributed by atoms with E-state index in [1.165, 1.54) is 0 Å². The molecule has 0 N–H and O–H groups in total. The molecule has 3 aromatic rings. The summed E-state index contributed by atoms with van der Waals surface area (Å²) in [6.07, 6.45) is 0.114. The maximum absolute atomic E-state index is 12.9. The van der Waals surface area contributed by atoms with Gasteiger partial charge in [0, 0.05) is 29.5 Å². The lowest BCUT2D eigenvalue weighted by molar-refractivity contribution is -0.146. The summed E-state index contributed by atoms with van der Waals surface area (Å²) < 4.78 is 5.10. The fourth-order valence-electron chi connectivity index (χ4n) is 4.23. The first-order chi connectivity index (χ1) is 16.0. The third kappa shape index (κ3) is 3.36. The van der Waals surface area contributed by atoms with Crippen LogP contribution in [0.15, 0.2) is 60.7 Å². The molecule has 0 saturated heterocycles. The van der Waals surface area contributed by atoms with Crippen molar-refractivity contribution in [3.05, 3.63) is 82.9 Å². The summed E-state index contributed by atoms with van der Waals surface area (Å²) in [7, 11) is 0. The zero-order chi connectivity index (χ0) is 23.1. The second-order valence-electron chi connectivity index (χ2n) is 7.80. The third-order valence-corrected chi connectivity index (χ3v) is 5.85. The van der Waals surface area contributed by atoms with Crippen LogP contribution in [0.4, 0.5) is 0 Å². The summed E-state index contributed by atoms with van der Waals surface area (Å²) in [5.41, 5.74) is 1.46. The van der Waals surface area contributed by atoms with Crippen molar-refractivity contribution in [2.75, 3.05) is 13.3 Å². The molecule has 0 fully saturated rings. The summed E-state index contributed by atoms with van der Waals surface area (Å²) in [5, 5.41) is 1.47. The van der Waals surface area contributed by atoms with Gasteiger partial charge in [-0.15, -0.1) is 0 Å². The van der Waals surface area contributed by atoms with Crippen molar-refractivity contribution in [1.82, 2.24) is 9.80 Å². The van der Waals surface area contributed by atoms with E-state index < -0.39 is 36.3 Å². The molecule has 4 amide bonds. The van der Waals surface area contributed by atoms with E-state index in [2.05, 4.69) is 0 Å². The molecule has 2 aliphatic rings. The standard InChI is InChI=1S/C25H18N2O6/c28-20(33-14-27-22(29)16-8-1-2-9-17(16)23(27)30)12-5-13-26-24(31)18-10-3-6-15-7-4-11-19(21(15)18)25(26)32/h1-4,6-11H,5,12-14H2. The van der Waals surface area contributed by atoms with Crippen molar-refractivity contribution >= 4 is 40.4 Å². The zero-order valence-corrected chi connectivity index (χ0v) is 17.4. The number of nitrogens with zero attached hydrogens (tertiary/aromatic N) is 2. The molecule has 2 aliphatic heterocycles. The van der Waals surface area contributed by atoms with Gasteiger partial charge in [0.1, 0.15) is 0 Å². The van der Waals surface area contributed by atoms with Crippen molar-refractivity contribution < 1.29 is 28.7 Å². The second kappa shape index (κ2) is 7.98. The molecule has 0 spiro atoms. The van der Waals surface area contributed by atoms with E-state index in [9.17, 15) is 24.0 Å². The molecule has 0 saturated carbocycles. The molecule has 0 bridgehead atoms. The molecular formula is C25H18N2O6. The number of rotatable bonds is 6. The number of ether oxygens (including phenoxy) is 1. The predicted molar refractivity (Wildman–Crippen MR) is 116 cm³/mol. The van der Waals surface area contributed by atoms with Crippen molar-refractivity contribution in [3.8, 4) is 0 Å².